The summed E-state index contributed by atoms with van der Waals surface area (Å²) >= 11 is 0. The molecule has 0 bridgehead atoms. The second kappa shape index (κ2) is 5.62. The lowest BCUT2D eigenvalue weighted by atomic mass is 10.2. The fraction of sp³-hybridized carbons (Fsp3) is 0.250. The minimum Gasteiger partial charge on any atom is -0.343 e. The van der Waals surface area contributed by atoms with Gasteiger partial charge in [-0.3, -0.25) is 4.79 Å². The number of para-hydroxylation sites is 2. The topological polar surface area (TPSA) is 46.9 Å². The molecule has 0 fully saturated rings. The van der Waals surface area contributed by atoms with Gasteiger partial charge in [0.25, 0.3) is 0 Å². The first-order valence-electron chi connectivity index (χ1n) is 6.39. The molecule has 20 heavy (non-hydrogen) atoms. The second-order valence-corrected chi connectivity index (χ2v) is 4.72. The van der Waals surface area contributed by atoms with Crippen molar-refractivity contribution < 1.29 is 4.79 Å². The van der Waals surface area contributed by atoms with Crippen molar-refractivity contribution in [1.29, 1.82) is 0 Å². The van der Waals surface area contributed by atoms with Gasteiger partial charge >= 0.3 is 0 Å². The van der Waals surface area contributed by atoms with Gasteiger partial charge < -0.3 is 9.88 Å². The van der Waals surface area contributed by atoms with Crippen LogP contribution in [0.1, 0.15) is 25.7 Å². The van der Waals surface area contributed by atoms with Gasteiger partial charge in [0.1, 0.15) is 5.82 Å². The van der Waals surface area contributed by atoms with E-state index in [1.54, 1.807) is 6.92 Å². The Labute approximate surface area is 118 Å². The number of imidazole rings is 1. The molecule has 1 unspecified atom stereocenters. The fourth-order valence-electron chi connectivity index (χ4n) is 2.07. The molecule has 1 amide bonds. The van der Waals surface area contributed by atoms with E-state index in [0.717, 1.165) is 16.9 Å². The molecule has 2 rings (SSSR count). The van der Waals surface area contributed by atoms with E-state index in [0.29, 0.717) is 12.1 Å². The standard InChI is InChI=1S/C16H17N3O/c1-5-10-19-14-9-7-6-8-13(14)18-15(19)12(4)17-16(20)11(2)3/h1,6-9,12H,2,10H2,3-4H3,(H,17,20). The fourth-order valence-corrected chi connectivity index (χ4v) is 2.07. The van der Waals surface area contributed by atoms with E-state index in [-0.39, 0.29) is 11.9 Å². The van der Waals surface area contributed by atoms with E-state index in [1.807, 2.05) is 35.8 Å². The highest BCUT2D eigenvalue weighted by molar-refractivity contribution is 5.92. The summed E-state index contributed by atoms with van der Waals surface area (Å²) in [4.78, 5) is 16.3. The molecule has 1 heterocycles. The van der Waals surface area contributed by atoms with Crippen LogP contribution in [-0.2, 0) is 11.3 Å². The summed E-state index contributed by atoms with van der Waals surface area (Å²) in [6.07, 6.45) is 5.43. The van der Waals surface area contributed by atoms with E-state index in [2.05, 4.69) is 22.8 Å². The number of hydrogen-bond acceptors (Lipinski definition) is 2. The molecule has 1 N–H and O–H groups in total. The van der Waals surface area contributed by atoms with E-state index in [1.165, 1.54) is 0 Å². The number of benzene rings is 1. The van der Waals surface area contributed by atoms with Gasteiger partial charge in [0.05, 0.1) is 23.6 Å². The Morgan fingerprint density at radius 3 is 2.90 bits per heavy atom. The smallest absolute Gasteiger partial charge is 0.246 e. The second-order valence-electron chi connectivity index (χ2n) is 4.72. The summed E-state index contributed by atoms with van der Waals surface area (Å²) in [5.74, 6) is 3.19. The van der Waals surface area contributed by atoms with Crippen molar-refractivity contribution in [3.8, 4) is 12.3 Å². The van der Waals surface area contributed by atoms with Crippen LogP contribution in [0.4, 0.5) is 0 Å². The van der Waals surface area contributed by atoms with Crippen LogP contribution in [0.5, 0.6) is 0 Å². The monoisotopic (exact) mass is 267 g/mol. The number of aromatic nitrogens is 2. The zero-order valence-corrected chi connectivity index (χ0v) is 11.7. The number of amides is 1. The first-order valence-corrected chi connectivity index (χ1v) is 6.39. The zero-order valence-electron chi connectivity index (χ0n) is 11.7. The first-order chi connectivity index (χ1) is 9.54. The van der Waals surface area contributed by atoms with Crippen molar-refractivity contribution >= 4 is 16.9 Å². The van der Waals surface area contributed by atoms with Crippen molar-refractivity contribution in [3.63, 3.8) is 0 Å². The van der Waals surface area contributed by atoms with Crippen molar-refractivity contribution in [1.82, 2.24) is 14.9 Å². The molecule has 4 heteroatoms. The van der Waals surface area contributed by atoms with Gasteiger partial charge in [-0.25, -0.2) is 4.98 Å². The lowest BCUT2D eigenvalue weighted by Crippen LogP contribution is -2.29. The number of fused-ring (bicyclic) bond motifs is 1. The Balaban J connectivity index is 2.42. The largest absolute Gasteiger partial charge is 0.343 e. The Morgan fingerprint density at radius 1 is 1.55 bits per heavy atom. The van der Waals surface area contributed by atoms with Gasteiger partial charge in [-0.15, -0.1) is 6.42 Å². The highest BCUT2D eigenvalue weighted by Gasteiger charge is 2.17. The third kappa shape index (κ3) is 2.57. The highest BCUT2D eigenvalue weighted by Crippen LogP contribution is 2.20. The van der Waals surface area contributed by atoms with Crippen LogP contribution >= 0.6 is 0 Å². The molecule has 0 aliphatic heterocycles. The van der Waals surface area contributed by atoms with E-state index >= 15 is 0 Å². The van der Waals surface area contributed by atoms with Gasteiger partial charge in [-0.05, 0) is 26.0 Å². The Morgan fingerprint density at radius 2 is 2.25 bits per heavy atom. The summed E-state index contributed by atoms with van der Waals surface area (Å²) in [7, 11) is 0. The quantitative estimate of drug-likeness (QED) is 0.683. The number of terminal acetylenes is 1. The van der Waals surface area contributed by atoms with Crippen LogP contribution in [0.25, 0.3) is 11.0 Å². The average molecular weight is 267 g/mol. The number of nitrogens with one attached hydrogen (secondary N) is 1. The maximum Gasteiger partial charge on any atom is 0.246 e. The van der Waals surface area contributed by atoms with Gasteiger partial charge in [-0.1, -0.05) is 24.6 Å². The molecule has 102 valence electrons. The molecule has 0 spiro atoms. The lowest BCUT2D eigenvalue weighted by molar-refractivity contribution is -0.118. The number of carbonyl (C=O) groups is 1. The summed E-state index contributed by atoms with van der Waals surface area (Å²) in [6, 6.07) is 7.53. The molecule has 0 saturated carbocycles. The molecule has 1 aromatic carbocycles. The first kappa shape index (κ1) is 13.9. The van der Waals surface area contributed by atoms with E-state index in [4.69, 9.17) is 6.42 Å². The van der Waals surface area contributed by atoms with Crippen molar-refractivity contribution in [3.05, 3.63) is 42.2 Å². The lowest BCUT2D eigenvalue weighted by Gasteiger charge is -2.15. The van der Waals surface area contributed by atoms with Gasteiger partial charge in [0.2, 0.25) is 5.91 Å². The Kier molecular flexibility index (Phi) is 3.90. The van der Waals surface area contributed by atoms with Crippen LogP contribution in [0.2, 0.25) is 0 Å². The molecule has 1 atom stereocenters. The van der Waals surface area contributed by atoms with Crippen LogP contribution in [0, 0.1) is 12.3 Å². The number of nitrogens with zero attached hydrogens (tertiary/aromatic N) is 2. The van der Waals surface area contributed by atoms with E-state index < -0.39 is 0 Å². The maximum atomic E-state index is 11.7. The molecule has 0 saturated heterocycles. The maximum absolute atomic E-state index is 11.7. The average Bonchev–Trinajstić information content (AvgIpc) is 2.78. The molecule has 0 aliphatic carbocycles. The zero-order chi connectivity index (χ0) is 14.7. The minimum absolute atomic E-state index is 0.184. The van der Waals surface area contributed by atoms with Crippen molar-refractivity contribution in [2.24, 2.45) is 0 Å². The minimum atomic E-state index is -0.236. The third-order valence-electron chi connectivity index (χ3n) is 3.06. The Bertz CT molecular complexity index is 706. The predicted molar refractivity (Wildman–Crippen MR) is 79.9 cm³/mol. The molecular formula is C16H17N3O. The van der Waals surface area contributed by atoms with Gasteiger partial charge in [0, 0.05) is 5.57 Å². The summed E-state index contributed by atoms with van der Waals surface area (Å²) in [6.45, 7) is 7.61. The van der Waals surface area contributed by atoms with Crippen LogP contribution in [0.3, 0.4) is 0 Å². The van der Waals surface area contributed by atoms with Gasteiger partial charge in [0.15, 0.2) is 0 Å². The normalized spacial score (nSPS) is 11.8. The predicted octanol–water partition coefficient (Wildman–Crippen LogP) is 2.42. The summed E-state index contributed by atoms with van der Waals surface area (Å²) in [5, 5.41) is 2.86. The number of hydrogen-bond donors (Lipinski definition) is 1. The molecule has 4 nitrogen and oxygen atoms in total. The van der Waals surface area contributed by atoms with E-state index in [9.17, 15) is 4.79 Å². The van der Waals surface area contributed by atoms with Crippen molar-refractivity contribution in [2.45, 2.75) is 26.4 Å². The van der Waals surface area contributed by atoms with Crippen LogP contribution < -0.4 is 5.32 Å². The Hall–Kier alpha value is -2.54. The summed E-state index contributed by atoms with van der Waals surface area (Å²) in [5.41, 5.74) is 2.31. The van der Waals surface area contributed by atoms with Crippen LogP contribution in [-0.4, -0.2) is 15.5 Å². The van der Waals surface area contributed by atoms with Crippen LogP contribution in [0.15, 0.2) is 36.4 Å². The molecule has 1 aromatic heterocycles. The molecule has 2 aromatic rings. The molecule has 0 radical (unpaired) electrons. The summed E-state index contributed by atoms with van der Waals surface area (Å²) < 4.78 is 1.94. The van der Waals surface area contributed by atoms with Crippen molar-refractivity contribution in [2.75, 3.05) is 0 Å². The number of carbonyl (C=O) groups excluding carboxylic acids is 1. The van der Waals surface area contributed by atoms with Gasteiger partial charge in [-0.2, -0.15) is 0 Å². The molecular weight excluding hydrogens is 250 g/mol. The third-order valence-corrected chi connectivity index (χ3v) is 3.06. The SMILES string of the molecule is C#CCn1c(C(C)NC(=O)C(=C)C)nc2ccccc21. The highest BCUT2D eigenvalue weighted by atomic mass is 16.1. The molecule has 0 aliphatic rings. The number of rotatable bonds is 4.